The van der Waals surface area contributed by atoms with Crippen LogP contribution >= 0.6 is 0 Å². The number of hydrogen-bond acceptors (Lipinski definition) is 4. The predicted octanol–water partition coefficient (Wildman–Crippen LogP) is 4.59. The minimum atomic E-state index is -0.222. The molecular weight excluding hydrogens is 404 g/mol. The minimum Gasteiger partial charge on any atom is -0.352 e. The Morgan fingerprint density at radius 1 is 0.906 bits per heavy atom. The summed E-state index contributed by atoms with van der Waals surface area (Å²) in [7, 11) is 0. The number of rotatable bonds is 20. The maximum Gasteiger partial charge on any atom is 0.327 e. The zero-order valence-corrected chi connectivity index (χ0v) is 20.7. The Kier molecular flexibility index (Phi) is 15.9. The smallest absolute Gasteiger partial charge is 0.327 e. The average Bonchev–Trinajstić information content (AvgIpc) is 3.03. The highest BCUT2D eigenvalue weighted by Crippen LogP contribution is 2.15. The number of carbonyl (C=O) groups excluding carboxylic acids is 3. The summed E-state index contributed by atoms with van der Waals surface area (Å²) in [6.45, 7) is 5.88. The van der Waals surface area contributed by atoms with Crippen molar-refractivity contribution in [3.05, 3.63) is 0 Å². The van der Waals surface area contributed by atoms with Gasteiger partial charge in [0.2, 0.25) is 11.8 Å². The van der Waals surface area contributed by atoms with Gasteiger partial charge in [0.25, 0.3) is 0 Å². The van der Waals surface area contributed by atoms with Crippen molar-refractivity contribution in [2.24, 2.45) is 5.73 Å². The van der Waals surface area contributed by atoms with E-state index >= 15 is 0 Å². The van der Waals surface area contributed by atoms with E-state index in [0.717, 1.165) is 44.9 Å². The summed E-state index contributed by atoms with van der Waals surface area (Å²) < 4.78 is 0. The number of amides is 4. The molecule has 0 bridgehead atoms. The van der Waals surface area contributed by atoms with Crippen molar-refractivity contribution < 1.29 is 14.4 Å². The molecule has 1 aliphatic rings. The Balaban J connectivity index is 2.37. The van der Waals surface area contributed by atoms with Gasteiger partial charge in [-0.3, -0.25) is 14.5 Å². The lowest BCUT2D eigenvalue weighted by Crippen LogP contribution is -2.45. The van der Waals surface area contributed by atoms with Gasteiger partial charge in [0.05, 0.1) is 0 Å². The van der Waals surface area contributed by atoms with Crippen molar-refractivity contribution in [1.29, 1.82) is 0 Å². The molecule has 0 radical (unpaired) electrons. The van der Waals surface area contributed by atoms with Gasteiger partial charge < -0.3 is 16.0 Å². The zero-order chi connectivity index (χ0) is 23.6. The number of nitrogens with two attached hydrogens (primary N) is 1. The molecule has 1 rings (SSSR count). The van der Waals surface area contributed by atoms with Gasteiger partial charge in [0.1, 0.15) is 6.54 Å². The third-order valence-electron chi connectivity index (χ3n) is 6.18. The van der Waals surface area contributed by atoms with Crippen LogP contribution in [0.1, 0.15) is 110 Å². The van der Waals surface area contributed by atoms with Gasteiger partial charge in [-0.2, -0.15) is 0 Å². The molecule has 3 N–H and O–H groups in total. The molecule has 0 aromatic carbocycles. The van der Waals surface area contributed by atoms with Crippen LogP contribution in [0.4, 0.5) is 4.79 Å². The number of carbonyl (C=O) groups is 3. The lowest BCUT2D eigenvalue weighted by Gasteiger charge is -2.24. The van der Waals surface area contributed by atoms with E-state index in [1.807, 2.05) is 6.92 Å². The molecular formula is C25H48N4O3. The van der Waals surface area contributed by atoms with Crippen molar-refractivity contribution in [3.8, 4) is 0 Å². The Morgan fingerprint density at radius 3 is 2.16 bits per heavy atom. The summed E-state index contributed by atoms with van der Waals surface area (Å²) in [6.07, 6.45) is 15.9. The lowest BCUT2D eigenvalue weighted by molar-refractivity contribution is -0.125. The zero-order valence-electron chi connectivity index (χ0n) is 20.7. The summed E-state index contributed by atoms with van der Waals surface area (Å²) >= 11 is 0. The van der Waals surface area contributed by atoms with Gasteiger partial charge >= 0.3 is 6.03 Å². The van der Waals surface area contributed by atoms with Crippen molar-refractivity contribution in [3.63, 3.8) is 0 Å². The molecule has 1 saturated heterocycles. The molecule has 32 heavy (non-hydrogen) atoms. The van der Waals surface area contributed by atoms with Crippen LogP contribution in [0.15, 0.2) is 0 Å². The van der Waals surface area contributed by atoms with Gasteiger partial charge in [-0.1, -0.05) is 78.1 Å². The lowest BCUT2D eigenvalue weighted by atomic mass is 10.1. The van der Waals surface area contributed by atoms with E-state index in [4.69, 9.17) is 5.73 Å². The third kappa shape index (κ3) is 11.8. The van der Waals surface area contributed by atoms with Crippen molar-refractivity contribution in [1.82, 2.24) is 15.1 Å². The molecule has 0 spiro atoms. The van der Waals surface area contributed by atoms with Gasteiger partial charge in [0, 0.05) is 25.6 Å². The first-order valence-electron chi connectivity index (χ1n) is 13.1. The monoisotopic (exact) mass is 452 g/mol. The Morgan fingerprint density at radius 2 is 1.53 bits per heavy atom. The number of hydrogen-bond donors (Lipinski definition) is 2. The van der Waals surface area contributed by atoms with Crippen LogP contribution in [0.25, 0.3) is 0 Å². The van der Waals surface area contributed by atoms with Crippen LogP contribution in [0, 0.1) is 0 Å². The molecule has 186 valence electrons. The van der Waals surface area contributed by atoms with Crippen LogP contribution in [-0.2, 0) is 9.59 Å². The fourth-order valence-corrected chi connectivity index (χ4v) is 4.18. The normalized spacial score (nSPS) is 15.0. The first kappa shape index (κ1) is 28.4. The van der Waals surface area contributed by atoms with Crippen LogP contribution in [0.3, 0.4) is 0 Å². The van der Waals surface area contributed by atoms with Crippen LogP contribution in [0.5, 0.6) is 0 Å². The topological polar surface area (TPSA) is 95.7 Å². The molecule has 7 heteroatoms. The quantitative estimate of drug-likeness (QED) is 0.209. The Hall–Kier alpha value is -1.63. The molecule has 0 saturated carbocycles. The van der Waals surface area contributed by atoms with Crippen molar-refractivity contribution >= 4 is 17.8 Å². The molecule has 4 amide bonds. The van der Waals surface area contributed by atoms with Crippen molar-refractivity contribution in [2.75, 3.05) is 26.2 Å². The predicted molar refractivity (Wildman–Crippen MR) is 130 cm³/mol. The van der Waals surface area contributed by atoms with E-state index in [2.05, 4.69) is 12.2 Å². The maximum atomic E-state index is 12.6. The third-order valence-corrected chi connectivity index (χ3v) is 6.18. The average molecular weight is 453 g/mol. The maximum absolute atomic E-state index is 12.6. The van der Waals surface area contributed by atoms with E-state index in [1.54, 1.807) is 4.90 Å². The number of urea groups is 1. The highest BCUT2D eigenvalue weighted by Gasteiger charge is 2.36. The molecule has 1 fully saturated rings. The van der Waals surface area contributed by atoms with E-state index in [1.165, 1.54) is 49.8 Å². The van der Waals surface area contributed by atoms with Gasteiger partial charge in [-0.15, -0.1) is 0 Å². The summed E-state index contributed by atoms with van der Waals surface area (Å²) in [5.41, 5.74) is 5.62. The second kappa shape index (κ2) is 17.9. The van der Waals surface area contributed by atoms with Gasteiger partial charge in [-0.05, 0) is 32.2 Å². The van der Waals surface area contributed by atoms with Gasteiger partial charge in [0.15, 0.2) is 0 Å². The summed E-state index contributed by atoms with van der Waals surface area (Å²) in [4.78, 5) is 40.3. The molecule has 1 aliphatic heterocycles. The molecule has 0 aromatic heterocycles. The first-order valence-corrected chi connectivity index (χ1v) is 13.1. The summed E-state index contributed by atoms with van der Waals surface area (Å²) in [5.74, 6) is -0.0864. The number of nitrogens with one attached hydrogen (secondary N) is 1. The molecule has 7 nitrogen and oxygen atoms in total. The number of unbranched alkanes of at least 4 members (excludes halogenated alkanes) is 10. The highest BCUT2D eigenvalue weighted by molar-refractivity contribution is 6.02. The highest BCUT2D eigenvalue weighted by atomic mass is 16.2. The standard InChI is InChI=1S/C25H48N4O3/c1-3-5-7-8-9-10-11-12-13-17-23(30)27-22(16-14-15-18-26)20-28-21-24(31)29(25(28)32)19-6-4-2/h22H,3-21,26H2,1-2H3,(H,27,30)/t22-/m0/s1. The molecule has 1 heterocycles. The molecule has 0 aromatic rings. The Bertz CT molecular complexity index is 541. The van der Waals surface area contributed by atoms with Crippen LogP contribution < -0.4 is 11.1 Å². The van der Waals surface area contributed by atoms with E-state index in [-0.39, 0.29) is 30.4 Å². The Labute approximate surface area is 195 Å². The van der Waals surface area contributed by atoms with E-state index in [9.17, 15) is 14.4 Å². The van der Waals surface area contributed by atoms with Crippen LogP contribution in [-0.4, -0.2) is 59.9 Å². The van der Waals surface area contributed by atoms with E-state index in [0.29, 0.717) is 26.1 Å². The first-order chi connectivity index (χ1) is 15.5. The fourth-order valence-electron chi connectivity index (χ4n) is 4.18. The van der Waals surface area contributed by atoms with Gasteiger partial charge in [-0.25, -0.2) is 4.79 Å². The second-order valence-electron chi connectivity index (χ2n) is 9.19. The van der Waals surface area contributed by atoms with Crippen LogP contribution in [0.2, 0.25) is 0 Å². The van der Waals surface area contributed by atoms with E-state index < -0.39 is 0 Å². The SMILES string of the molecule is CCCCCCCCCCCC(=O)N[C@@H](CCCCN)CN1CC(=O)N(CCCC)C1=O. The summed E-state index contributed by atoms with van der Waals surface area (Å²) in [6, 6.07) is -0.351. The number of nitrogens with zero attached hydrogens (tertiary/aromatic N) is 2. The molecule has 0 unspecified atom stereocenters. The minimum absolute atomic E-state index is 0.0477. The number of imide groups is 1. The van der Waals surface area contributed by atoms with Crippen molar-refractivity contribution in [2.45, 2.75) is 116 Å². The molecule has 1 atom stereocenters. The molecule has 0 aliphatic carbocycles. The summed E-state index contributed by atoms with van der Waals surface area (Å²) in [5, 5.41) is 3.12. The second-order valence-corrected chi connectivity index (χ2v) is 9.19. The fraction of sp³-hybridized carbons (Fsp3) is 0.880. The largest absolute Gasteiger partial charge is 0.352 e.